The van der Waals surface area contributed by atoms with Crippen LogP contribution in [0, 0.1) is 12.8 Å². The number of aromatic nitrogens is 4. The summed E-state index contributed by atoms with van der Waals surface area (Å²) in [5, 5.41) is 9.13. The van der Waals surface area contributed by atoms with Gasteiger partial charge in [0.25, 0.3) is 17.7 Å². The summed E-state index contributed by atoms with van der Waals surface area (Å²) in [4.78, 5) is 69.4. The van der Waals surface area contributed by atoms with Crippen LogP contribution in [0.2, 0.25) is 5.02 Å². The molecule has 0 aliphatic carbocycles. The number of aryl methyl sites for hydroxylation is 1. The number of hydrogen-bond donors (Lipinski definition) is 3. The highest BCUT2D eigenvalue weighted by Crippen LogP contribution is 2.24. The Morgan fingerprint density at radius 2 is 1.76 bits per heavy atom. The summed E-state index contributed by atoms with van der Waals surface area (Å²) in [5.74, 6) is -1.61. The minimum absolute atomic E-state index is 0.00578. The van der Waals surface area contributed by atoms with Crippen LogP contribution < -0.4 is 16.0 Å². The molecular weight excluding hydrogens is 652 g/mol. The Morgan fingerprint density at radius 1 is 0.980 bits per heavy atom. The van der Waals surface area contributed by atoms with Gasteiger partial charge >= 0.3 is 0 Å². The maximum atomic E-state index is 14.2. The maximum absolute atomic E-state index is 14.2. The molecule has 14 nitrogen and oxygen atoms in total. The molecule has 6 rings (SSSR count). The predicted octanol–water partition coefficient (Wildman–Crippen LogP) is 4.59. The SMILES string of the molecule is Cc1oc2nc1C(=O)N[C@@H](c1ccccc1)CN(C(=O)c1cn3cc(Cl)ccc3n1)CC(=O)N[C@H](CC(C)C)c1nc(co1)C(=O)N[C@H]2C. The monoisotopic (exact) mass is 686 g/mol. The molecule has 0 fully saturated rings. The first-order valence-electron chi connectivity index (χ1n) is 15.8. The van der Waals surface area contributed by atoms with Crippen LogP contribution in [-0.2, 0) is 4.79 Å². The van der Waals surface area contributed by atoms with Crippen LogP contribution in [0.15, 0.2) is 70.0 Å². The lowest BCUT2D eigenvalue weighted by molar-refractivity contribution is -0.122. The summed E-state index contributed by atoms with van der Waals surface area (Å²) in [5.41, 5.74) is 1.23. The topological polar surface area (TPSA) is 177 Å². The van der Waals surface area contributed by atoms with Crippen molar-refractivity contribution >= 4 is 40.9 Å². The summed E-state index contributed by atoms with van der Waals surface area (Å²) in [6, 6.07) is 10.2. The molecular formula is C34H35ClN8O6. The summed E-state index contributed by atoms with van der Waals surface area (Å²) in [6.07, 6.45) is 4.80. The largest absolute Gasteiger partial charge is 0.446 e. The molecule has 5 aromatic rings. The van der Waals surface area contributed by atoms with Crippen molar-refractivity contribution in [1.29, 1.82) is 0 Å². The van der Waals surface area contributed by atoms with E-state index in [1.54, 1.807) is 36.6 Å². The minimum Gasteiger partial charge on any atom is -0.446 e. The van der Waals surface area contributed by atoms with Crippen molar-refractivity contribution in [2.24, 2.45) is 5.92 Å². The maximum Gasteiger partial charge on any atom is 0.274 e. The quantitative estimate of drug-likeness (QED) is 0.244. The number of benzene rings is 1. The number of carbonyl (C=O) groups is 4. The molecule has 254 valence electrons. The van der Waals surface area contributed by atoms with Gasteiger partial charge in [0.15, 0.2) is 11.4 Å². The molecule has 1 aromatic carbocycles. The van der Waals surface area contributed by atoms with Crippen molar-refractivity contribution < 1.29 is 28.0 Å². The molecule has 5 heterocycles. The van der Waals surface area contributed by atoms with E-state index < -0.39 is 48.3 Å². The molecule has 4 bridgehead atoms. The van der Waals surface area contributed by atoms with E-state index in [1.807, 2.05) is 44.2 Å². The molecule has 15 heteroatoms. The lowest BCUT2D eigenvalue weighted by Crippen LogP contribution is -2.46. The molecule has 0 unspecified atom stereocenters. The van der Waals surface area contributed by atoms with E-state index in [9.17, 15) is 19.2 Å². The van der Waals surface area contributed by atoms with Crippen LogP contribution in [-0.4, -0.2) is 61.0 Å². The van der Waals surface area contributed by atoms with Gasteiger partial charge in [-0.25, -0.2) is 15.0 Å². The predicted molar refractivity (Wildman–Crippen MR) is 177 cm³/mol. The highest BCUT2D eigenvalue weighted by molar-refractivity contribution is 6.30. The third-order valence-electron chi connectivity index (χ3n) is 8.01. The zero-order chi connectivity index (χ0) is 34.8. The molecule has 0 spiro atoms. The Bertz CT molecular complexity index is 2020. The molecule has 3 atom stereocenters. The number of fused-ring (bicyclic) bond motifs is 5. The van der Waals surface area contributed by atoms with E-state index in [1.165, 1.54) is 17.4 Å². The van der Waals surface area contributed by atoms with Gasteiger partial charge in [0, 0.05) is 18.9 Å². The molecule has 0 saturated heterocycles. The van der Waals surface area contributed by atoms with Gasteiger partial charge in [-0.15, -0.1) is 0 Å². The third kappa shape index (κ3) is 7.49. The fourth-order valence-corrected chi connectivity index (χ4v) is 5.79. The Kier molecular flexibility index (Phi) is 9.49. The number of carbonyl (C=O) groups excluding carboxylic acids is 4. The first kappa shape index (κ1) is 33.4. The van der Waals surface area contributed by atoms with Gasteiger partial charge in [-0.3, -0.25) is 19.2 Å². The van der Waals surface area contributed by atoms with Gasteiger partial charge in [0.05, 0.1) is 17.6 Å². The van der Waals surface area contributed by atoms with Crippen LogP contribution in [0.5, 0.6) is 0 Å². The molecule has 1 aliphatic heterocycles. The first-order valence-corrected chi connectivity index (χ1v) is 16.1. The van der Waals surface area contributed by atoms with Crippen LogP contribution in [0.25, 0.3) is 5.65 Å². The van der Waals surface area contributed by atoms with Gasteiger partial charge in [-0.05, 0) is 43.9 Å². The van der Waals surface area contributed by atoms with E-state index in [-0.39, 0.29) is 47.1 Å². The molecule has 1 aliphatic rings. The number of nitrogens with one attached hydrogen (secondary N) is 3. The normalized spacial score (nSPS) is 19.3. The van der Waals surface area contributed by atoms with E-state index in [0.717, 1.165) is 0 Å². The number of halogens is 1. The smallest absolute Gasteiger partial charge is 0.274 e. The highest BCUT2D eigenvalue weighted by Gasteiger charge is 2.31. The number of nitrogens with zero attached hydrogens (tertiary/aromatic N) is 5. The molecule has 0 radical (unpaired) electrons. The second kappa shape index (κ2) is 13.9. The highest BCUT2D eigenvalue weighted by atomic mass is 35.5. The van der Waals surface area contributed by atoms with Gasteiger partial charge in [0.1, 0.15) is 35.4 Å². The number of pyridine rings is 1. The number of imidazole rings is 1. The molecule has 3 N–H and O–H groups in total. The van der Waals surface area contributed by atoms with Crippen molar-refractivity contribution in [3.63, 3.8) is 0 Å². The number of rotatable bonds is 4. The van der Waals surface area contributed by atoms with Crippen LogP contribution in [0.4, 0.5) is 0 Å². The lowest BCUT2D eigenvalue weighted by atomic mass is 10.0. The summed E-state index contributed by atoms with van der Waals surface area (Å²) in [7, 11) is 0. The van der Waals surface area contributed by atoms with E-state index >= 15 is 0 Å². The minimum atomic E-state index is -0.784. The fraction of sp³-hybridized carbons (Fsp3) is 0.324. The zero-order valence-electron chi connectivity index (χ0n) is 27.3. The molecule has 4 amide bonds. The van der Waals surface area contributed by atoms with Crippen LogP contribution >= 0.6 is 11.6 Å². The van der Waals surface area contributed by atoms with E-state index in [4.69, 9.17) is 20.4 Å². The first-order chi connectivity index (χ1) is 23.4. The second-order valence-corrected chi connectivity index (χ2v) is 12.8. The number of amides is 4. The van der Waals surface area contributed by atoms with Crippen molar-refractivity contribution in [1.82, 2.24) is 40.2 Å². The van der Waals surface area contributed by atoms with Crippen molar-refractivity contribution in [3.8, 4) is 0 Å². The third-order valence-corrected chi connectivity index (χ3v) is 8.23. The van der Waals surface area contributed by atoms with Gasteiger partial charge < -0.3 is 34.1 Å². The van der Waals surface area contributed by atoms with Crippen LogP contribution in [0.3, 0.4) is 0 Å². The fourth-order valence-electron chi connectivity index (χ4n) is 5.62. The zero-order valence-corrected chi connectivity index (χ0v) is 28.0. The average Bonchev–Trinajstić information content (AvgIpc) is 3.81. The van der Waals surface area contributed by atoms with Crippen LogP contribution in [0.1, 0.15) is 99.9 Å². The Morgan fingerprint density at radius 3 is 2.51 bits per heavy atom. The molecule has 49 heavy (non-hydrogen) atoms. The Hall–Kier alpha value is -5.50. The Labute approximate surface area is 286 Å². The van der Waals surface area contributed by atoms with E-state index in [2.05, 4.69) is 30.9 Å². The van der Waals surface area contributed by atoms with E-state index in [0.29, 0.717) is 22.7 Å². The van der Waals surface area contributed by atoms with Gasteiger partial charge in [-0.2, -0.15) is 0 Å². The number of oxazole rings is 2. The summed E-state index contributed by atoms with van der Waals surface area (Å²) in [6.45, 7) is 6.69. The summed E-state index contributed by atoms with van der Waals surface area (Å²) >= 11 is 6.17. The molecule has 4 aromatic heterocycles. The lowest BCUT2D eigenvalue weighted by Gasteiger charge is -2.28. The standard InChI is InChI=1S/C34H35ClN8O6/c1-18(2)12-23-33-40-26(17-48-33)30(45)36-19(3)32-41-29(20(4)49-32)31(46)39-24(21-8-6-5-7-9-21)14-43(16-28(44)38-23)34(47)25-15-42-13-22(35)10-11-27(42)37-25/h5-11,13,15,17-19,23-24H,12,14,16H2,1-4H3,(H,36,45)(H,38,44)(H,39,46)/t19-,23+,24+/m0/s1. The average molecular weight is 687 g/mol. The molecule has 0 saturated carbocycles. The van der Waals surface area contributed by atoms with Gasteiger partial charge in [0.2, 0.25) is 17.7 Å². The van der Waals surface area contributed by atoms with Crippen molar-refractivity contribution in [2.45, 2.75) is 52.2 Å². The Balaban J connectivity index is 1.42. The van der Waals surface area contributed by atoms with Crippen molar-refractivity contribution in [3.05, 3.63) is 106 Å². The number of hydrogen-bond acceptors (Lipinski definition) is 9. The second-order valence-electron chi connectivity index (χ2n) is 12.3. The van der Waals surface area contributed by atoms with Crippen molar-refractivity contribution in [2.75, 3.05) is 13.1 Å². The summed E-state index contributed by atoms with van der Waals surface area (Å²) < 4.78 is 13.1. The van der Waals surface area contributed by atoms with Gasteiger partial charge in [-0.1, -0.05) is 55.8 Å².